The molecule has 114 valence electrons. The Bertz CT molecular complexity index is 528. The number of hydrogen-bond donors (Lipinski definition) is 3. The summed E-state index contributed by atoms with van der Waals surface area (Å²) < 4.78 is 0. The fourth-order valence-corrected chi connectivity index (χ4v) is 2.60. The zero-order valence-electron chi connectivity index (χ0n) is 12.4. The van der Waals surface area contributed by atoms with Crippen LogP contribution in [0.3, 0.4) is 0 Å². The van der Waals surface area contributed by atoms with Crippen LogP contribution in [0, 0.1) is 5.92 Å². The van der Waals surface area contributed by atoms with Gasteiger partial charge in [-0.05, 0) is 29.9 Å². The summed E-state index contributed by atoms with van der Waals surface area (Å²) in [6.45, 7) is 4.52. The molecule has 0 aliphatic carbocycles. The van der Waals surface area contributed by atoms with Gasteiger partial charge >= 0.3 is 5.97 Å². The first-order valence-electron chi connectivity index (χ1n) is 7.30. The molecule has 21 heavy (non-hydrogen) atoms. The van der Waals surface area contributed by atoms with E-state index in [0.717, 1.165) is 5.56 Å². The Kier molecular flexibility index (Phi) is 4.96. The Balaban J connectivity index is 1.99. The van der Waals surface area contributed by atoms with Crippen LogP contribution in [0.4, 0.5) is 0 Å². The summed E-state index contributed by atoms with van der Waals surface area (Å²) in [6.07, 6.45) is 1.03. The third kappa shape index (κ3) is 4.04. The lowest BCUT2D eigenvalue weighted by Crippen LogP contribution is -2.52. The Morgan fingerprint density at radius 1 is 1.33 bits per heavy atom. The highest BCUT2D eigenvalue weighted by atomic mass is 16.4. The minimum absolute atomic E-state index is 0.214. The van der Waals surface area contributed by atoms with Gasteiger partial charge in [-0.25, -0.2) is 4.79 Å². The lowest BCUT2D eigenvalue weighted by atomic mass is 9.95. The van der Waals surface area contributed by atoms with Crippen molar-refractivity contribution < 1.29 is 14.7 Å². The van der Waals surface area contributed by atoms with Crippen molar-refractivity contribution in [3.8, 4) is 0 Å². The minimum atomic E-state index is -0.978. The summed E-state index contributed by atoms with van der Waals surface area (Å²) in [7, 11) is 0. The maximum atomic E-state index is 12.3. The number of carboxylic acid groups (broad SMARTS) is 1. The lowest BCUT2D eigenvalue weighted by molar-refractivity contribution is -0.142. The van der Waals surface area contributed by atoms with Crippen LogP contribution in [0.5, 0.6) is 0 Å². The number of hydrogen-bond acceptors (Lipinski definition) is 3. The van der Waals surface area contributed by atoms with Crippen LogP contribution < -0.4 is 10.6 Å². The van der Waals surface area contributed by atoms with Crippen LogP contribution in [-0.2, 0) is 22.6 Å². The van der Waals surface area contributed by atoms with E-state index in [1.807, 2.05) is 38.1 Å². The van der Waals surface area contributed by atoms with Crippen molar-refractivity contribution in [1.82, 2.24) is 10.6 Å². The normalized spacial score (nSPS) is 18.9. The van der Waals surface area contributed by atoms with Crippen LogP contribution in [0.1, 0.15) is 31.4 Å². The number of carboxylic acids is 1. The van der Waals surface area contributed by atoms with Crippen LogP contribution in [0.25, 0.3) is 0 Å². The van der Waals surface area contributed by atoms with Gasteiger partial charge in [0.1, 0.15) is 6.04 Å². The summed E-state index contributed by atoms with van der Waals surface area (Å²) in [6, 6.07) is 6.79. The molecule has 1 heterocycles. The molecule has 1 aliphatic heterocycles. The van der Waals surface area contributed by atoms with E-state index in [1.165, 1.54) is 5.56 Å². The molecule has 0 fully saturated rings. The number of rotatable bonds is 5. The minimum Gasteiger partial charge on any atom is -0.480 e. The number of benzene rings is 1. The quantitative estimate of drug-likeness (QED) is 0.764. The molecule has 1 amide bonds. The van der Waals surface area contributed by atoms with E-state index >= 15 is 0 Å². The standard InChI is InChI=1S/C16H22N2O3/c1-10(2)7-14(16(20)21)18-15(19)13-8-11-5-3-4-6-12(11)9-17-13/h3-6,10,13-14,17H,7-9H2,1-2H3,(H,18,19)(H,20,21)/t13?,14-/m0/s1. The summed E-state index contributed by atoms with van der Waals surface area (Å²) in [5.74, 6) is -1.00. The number of aliphatic carboxylic acids is 1. The Morgan fingerprint density at radius 3 is 2.62 bits per heavy atom. The Morgan fingerprint density at radius 2 is 2.00 bits per heavy atom. The first-order valence-corrected chi connectivity index (χ1v) is 7.30. The molecule has 0 saturated carbocycles. The molecule has 3 N–H and O–H groups in total. The van der Waals surface area contributed by atoms with Crippen molar-refractivity contribution >= 4 is 11.9 Å². The molecule has 0 saturated heterocycles. The predicted molar refractivity (Wildman–Crippen MR) is 79.8 cm³/mol. The molecular weight excluding hydrogens is 268 g/mol. The molecular formula is C16H22N2O3. The maximum Gasteiger partial charge on any atom is 0.326 e. The van der Waals surface area contributed by atoms with E-state index in [1.54, 1.807) is 0 Å². The number of amides is 1. The molecule has 5 nitrogen and oxygen atoms in total. The second-order valence-electron chi connectivity index (χ2n) is 5.94. The van der Waals surface area contributed by atoms with Crippen LogP contribution >= 0.6 is 0 Å². The summed E-state index contributed by atoms with van der Waals surface area (Å²) >= 11 is 0. The van der Waals surface area contributed by atoms with Gasteiger partial charge in [-0.1, -0.05) is 38.1 Å². The lowest BCUT2D eigenvalue weighted by Gasteiger charge is -2.27. The van der Waals surface area contributed by atoms with Gasteiger partial charge in [-0.15, -0.1) is 0 Å². The fraction of sp³-hybridized carbons (Fsp3) is 0.500. The molecule has 1 aliphatic rings. The van der Waals surface area contributed by atoms with Crippen LogP contribution in [0.2, 0.25) is 0 Å². The Hall–Kier alpha value is -1.88. The van der Waals surface area contributed by atoms with E-state index < -0.39 is 12.0 Å². The summed E-state index contributed by atoms with van der Waals surface area (Å²) in [4.78, 5) is 23.5. The Labute approximate surface area is 124 Å². The summed E-state index contributed by atoms with van der Waals surface area (Å²) in [5, 5.41) is 15.0. The molecule has 1 unspecified atom stereocenters. The van der Waals surface area contributed by atoms with Crippen molar-refractivity contribution in [2.24, 2.45) is 5.92 Å². The zero-order valence-corrected chi connectivity index (χ0v) is 12.4. The van der Waals surface area contributed by atoms with Crippen molar-refractivity contribution in [2.75, 3.05) is 0 Å². The highest BCUT2D eigenvalue weighted by Crippen LogP contribution is 2.16. The average molecular weight is 290 g/mol. The van der Waals surface area contributed by atoms with Gasteiger partial charge in [0.15, 0.2) is 0 Å². The smallest absolute Gasteiger partial charge is 0.326 e. The second kappa shape index (κ2) is 6.72. The van der Waals surface area contributed by atoms with E-state index in [0.29, 0.717) is 19.4 Å². The molecule has 1 aromatic carbocycles. The number of nitrogens with one attached hydrogen (secondary N) is 2. The van der Waals surface area contributed by atoms with Gasteiger partial charge in [0.25, 0.3) is 0 Å². The largest absolute Gasteiger partial charge is 0.480 e. The van der Waals surface area contributed by atoms with Crippen LogP contribution in [-0.4, -0.2) is 29.1 Å². The van der Waals surface area contributed by atoms with E-state index in [-0.39, 0.29) is 17.9 Å². The second-order valence-corrected chi connectivity index (χ2v) is 5.94. The highest BCUT2D eigenvalue weighted by molar-refractivity contribution is 5.87. The first-order chi connectivity index (χ1) is 9.97. The van der Waals surface area contributed by atoms with Gasteiger partial charge in [0, 0.05) is 6.54 Å². The highest BCUT2D eigenvalue weighted by Gasteiger charge is 2.28. The zero-order chi connectivity index (χ0) is 15.4. The molecule has 2 rings (SSSR count). The predicted octanol–water partition coefficient (Wildman–Crippen LogP) is 1.32. The topological polar surface area (TPSA) is 78.4 Å². The molecule has 1 aromatic rings. The third-order valence-electron chi connectivity index (χ3n) is 3.72. The maximum absolute atomic E-state index is 12.3. The molecule has 2 atom stereocenters. The summed E-state index contributed by atoms with van der Waals surface area (Å²) in [5.41, 5.74) is 2.34. The van der Waals surface area contributed by atoms with Gasteiger partial charge in [0.2, 0.25) is 5.91 Å². The fourth-order valence-electron chi connectivity index (χ4n) is 2.60. The number of carbonyl (C=O) groups excluding carboxylic acids is 1. The van der Waals surface area contributed by atoms with Crippen molar-refractivity contribution in [3.05, 3.63) is 35.4 Å². The number of fused-ring (bicyclic) bond motifs is 1. The van der Waals surface area contributed by atoms with Gasteiger partial charge < -0.3 is 15.7 Å². The molecule has 5 heteroatoms. The third-order valence-corrected chi connectivity index (χ3v) is 3.72. The monoisotopic (exact) mass is 290 g/mol. The average Bonchev–Trinajstić information content (AvgIpc) is 2.45. The molecule has 0 spiro atoms. The SMILES string of the molecule is CC(C)C[C@H](NC(=O)C1Cc2ccccc2CN1)C(=O)O. The number of carbonyl (C=O) groups is 2. The van der Waals surface area contributed by atoms with Crippen molar-refractivity contribution in [2.45, 2.75) is 45.3 Å². The van der Waals surface area contributed by atoms with E-state index in [2.05, 4.69) is 10.6 Å². The first kappa shape index (κ1) is 15.5. The van der Waals surface area contributed by atoms with E-state index in [9.17, 15) is 14.7 Å². The molecule has 0 radical (unpaired) electrons. The molecule has 0 aromatic heterocycles. The molecule has 0 bridgehead atoms. The van der Waals surface area contributed by atoms with E-state index in [4.69, 9.17) is 0 Å². The van der Waals surface area contributed by atoms with Crippen molar-refractivity contribution in [3.63, 3.8) is 0 Å². The van der Waals surface area contributed by atoms with Gasteiger partial charge in [-0.3, -0.25) is 4.79 Å². The van der Waals surface area contributed by atoms with Gasteiger partial charge in [0.05, 0.1) is 6.04 Å². The van der Waals surface area contributed by atoms with Crippen molar-refractivity contribution in [1.29, 1.82) is 0 Å². The van der Waals surface area contributed by atoms with Crippen LogP contribution in [0.15, 0.2) is 24.3 Å². The van der Waals surface area contributed by atoms with Gasteiger partial charge in [-0.2, -0.15) is 0 Å².